The predicted octanol–water partition coefficient (Wildman–Crippen LogP) is 3.18. The summed E-state index contributed by atoms with van der Waals surface area (Å²) in [4.78, 5) is 11.2. The number of hydrogen-bond donors (Lipinski definition) is 1. The fraction of sp³-hybridized carbons (Fsp3) is 0.333. The van der Waals surface area contributed by atoms with Crippen LogP contribution in [0.4, 0.5) is 4.39 Å². The van der Waals surface area contributed by atoms with Crippen LogP contribution in [0.5, 0.6) is 0 Å². The SMILES string of the molecule is CC(=O)N[C@@H]1C=C[C@@H](c2c(C)nn(-c3ccc(F)cc3)c2C)C1. The first-order valence-corrected chi connectivity index (χ1v) is 7.73. The summed E-state index contributed by atoms with van der Waals surface area (Å²) < 4.78 is 15.0. The molecule has 5 heteroatoms. The first-order valence-electron chi connectivity index (χ1n) is 7.73. The Kier molecular flexibility index (Phi) is 4.03. The lowest BCUT2D eigenvalue weighted by Gasteiger charge is -2.13. The molecule has 0 spiro atoms. The molecule has 0 unspecified atom stereocenters. The average Bonchev–Trinajstić information content (AvgIpc) is 3.04. The number of amides is 1. The van der Waals surface area contributed by atoms with Crippen LogP contribution in [-0.2, 0) is 4.79 Å². The number of carbonyl (C=O) groups excluding carboxylic acids is 1. The highest BCUT2D eigenvalue weighted by Gasteiger charge is 2.26. The molecule has 0 radical (unpaired) electrons. The van der Waals surface area contributed by atoms with Gasteiger partial charge in [-0.1, -0.05) is 12.2 Å². The van der Waals surface area contributed by atoms with Crippen molar-refractivity contribution in [2.75, 3.05) is 0 Å². The molecular formula is C18H20FN3O. The van der Waals surface area contributed by atoms with Crippen molar-refractivity contribution in [1.82, 2.24) is 15.1 Å². The lowest BCUT2D eigenvalue weighted by molar-refractivity contribution is -0.119. The minimum absolute atomic E-state index is 0.0178. The van der Waals surface area contributed by atoms with Crippen LogP contribution in [0.15, 0.2) is 36.4 Å². The molecular weight excluding hydrogens is 293 g/mol. The van der Waals surface area contributed by atoms with Gasteiger partial charge in [0.25, 0.3) is 0 Å². The van der Waals surface area contributed by atoms with Crippen molar-refractivity contribution >= 4 is 5.91 Å². The molecule has 0 saturated carbocycles. The van der Waals surface area contributed by atoms with Crippen molar-refractivity contribution in [2.45, 2.75) is 39.2 Å². The molecule has 1 heterocycles. The summed E-state index contributed by atoms with van der Waals surface area (Å²) >= 11 is 0. The van der Waals surface area contributed by atoms with Crippen LogP contribution in [-0.4, -0.2) is 21.7 Å². The summed E-state index contributed by atoms with van der Waals surface area (Å²) in [5, 5.41) is 7.54. The van der Waals surface area contributed by atoms with Crippen LogP contribution in [0.2, 0.25) is 0 Å². The summed E-state index contributed by atoms with van der Waals surface area (Å²) in [5.74, 6) is -0.0378. The minimum atomic E-state index is -0.257. The van der Waals surface area contributed by atoms with Gasteiger partial charge in [-0.15, -0.1) is 0 Å². The van der Waals surface area contributed by atoms with E-state index in [0.717, 1.165) is 23.5 Å². The zero-order valence-electron chi connectivity index (χ0n) is 13.5. The zero-order valence-corrected chi connectivity index (χ0v) is 13.5. The summed E-state index contributed by atoms with van der Waals surface area (Å²) in [6.07, 6.45) is 5.02. The zero-order chi connectivity index (χ0) is 16.6. The largest absolute Gasteiger partial charge is 0.350 e. The summed E-state index contributed by atoms with van der Waals surface area (Å²) in [6.45, 7) is 5.55. The number of nitrogens with zero attached hydrogens (tertiary/aromatic N) is 2. The van der Waals surface area contributed by atoms with Gasteiger partial charge >= 0.3 is 0 Å². The van der Waals surface area contributed by atoms with Crippen LogP contribution in [0.3, 0.4) is 0 Å². The van der Waals surface area contributed by atoms with E-state index in [0.29, 0.717) is 0 Å². The lowest BCUT2D eigenvalue weighted by Crippen LogP contribution is -2.30. The van der Waals surface area contributed by atoms with Gasteiger partial charge in [-0.05, 0) is 44.5 Å². The topological polar surface area (TPSA) is 46.9 Å². The van der Waals surface area contributed by atoms with E-state index in [1.165, 1.54) is 24.6 Å². The van der Waals surface area contributed by atoms with E-state index in [9.17, 15) is 9.18 Å². The van der Waals surface area contributed by atoms with Gasteiger partial charge in [0.15, 0.2) is 0 Å². The Labute approximate surface area is 135 Å². The molecule has 0 saturated heterocycles. The standard InChI is InChI=1S/C18H20FN3O/c1-11-18(14-4-7-16(10-14)20-13(3)23)12(2)22(21-11)17-8-5-15(19)6-9-17/h4-9,14,16H,10H2,1-3H3,(H,20,23)/t14-,16-/m1/s1. The second-order valence-corrected chi connectivity index (χ2v) is 6.01. The summed E-state index contributed by atoms with van der Waals surface area (Å²) in [7, 11) is 0. The van der Waals surface area contributed by atoms with Gasteiger partial charge in [-0.25, -0.2) is 9.07 Å². The third-order valence-electron chi connectivity index (χ3n) is 4.26. The van der Waals surface area contributed by atoms with Crippen molar-refractivity contribution in [3.05, 3.63) is 59.2 Å². The molecule has 2 atom stereocenters. The van der Waals surface area contributed by atoms with Crippen molar-refractivity contribution in [3.63, 3.8) is 0 Å². The number of rotatable bonds is 3. The lowest BCUT2D eigenvalue weighted by atomic mass is 9.96. The number of halogens is 1. The van der Waals surface area contributed by atoms with Crippen molar-refractivity contribution < 1.29 is 9.18 Å². The maximum absolute atomic E-state index is 13.1. The second-order valence-electron chi connectivity index (χ2n) is 6.01. The Morgan fingerprint density at radius 1 is 1.26 bits per heavy atom. The van der Waals surface area contributed by atoms with Gasteiger partial charge < -0.3 is 5.32 Å². The fourth-order valence-electron chi connectivity index (χ4n) is 3.31. The molecule has 1 aliphatic carbocycles. The number of nitrogens with one attached hydrogen (secondary N) is 1. The van der Waals surface area contributed by atoms with Gasteiger partial charge in [-0.3, -0.25) is 4.79 Å². The molecule has 3 rings (SSSR count). The van der Waals surface area contributed by atoms with Gasteiger partial charge in [-0.2, -0.15) is 5.10 Å². The smallest absolute Gasteiger partial charge is 0.217 e. The van der Waals surface area contributed by atoms with E-state index < -0.39 is 0 Å². The molecule has 1 aliphatic rings. The van der Waals surface area contributed by atoms with E-state index >= 15 is 0 Å². The fourth-order valence-corrected chi connectivity index (χ4v) is 3.31. The molecule has 1 amide bonds. The molecule has 23 heavy (non-hydrogen) atoms. The number of allylic oxidation sites excluding steroid dienone is 1. The van der Waals surface area contributed by atoms with Crippen LogP contribution in [0.1, 0.15) is 36.2 Å². The number of carbonyl (C=O) groups is 1. The van der Waals surface area contributed by atoms with Gasteiger partial charge in [0.1, 0.15) is 5.82 Å². The van der Waals surface area contributed by atoms with E-state index in [4.69, 9.17) is 0 Å². The number of benzene rings is 1. The first-order chi connectivity index (χ1) is 11.0. The second kappa shape index (κ2) is 5.99. The van der Waals surface area contributed by atoms with Gasteiger partial charge in [0.2, 0.25) is 5.91 Å². The van der Waals surface area contributed by atoms with Gasteiger partial charge in [0.05, 0.1) is 11.4 Å². The van der Waals surface area contributed by atoms with Crippen molar-refractivity contribution in [1.29, 1.82) is 0 Å². The molecule has 0 bridgehead atoms. The Hall–Kier alpha value is -2.43. The molecule has 1 aromatic carbocycles. The summed E-state index contributed by atoms with van der Waals surface area (Å²) in [6, 6.07) is 6.40. The Balaban J connectivity index is 1.89. The molecule has 1 aromatic heterocycles. The number of aromatic nitrogens is 2. The average molecular weight is 313 g/mol. The normalized spacial score (nSPS) is 20.0. The monoisotopic (exact) mass is 313 g/mol. The quantitative estimate of drug-likeness (QED) is 0.885. The highest BCUT2D eigenvalue weighted by Crippen LogP contribution is 2.33. The molecule has 0 aliphatic heterocycles. The van der Waals surface area contributed by atoms with E-state index in [2.05, 4.69) is 16.5 Å². The first kappa shape index (κ1) is 15.5. The predicted molar refractivity (Wildman–Crippen MR) is 87.1 cm³/mol. The Bertz CT molecular complexity index is 761. The maximum atomic E-state index is 13.1. The van der Waals surface area contributed by atoms with Crippen LogP contribution in [0.25, 0.3) is 5.69 Å². The highest BCUT2D eigenvalue weighted by molar-refractivity contribution is 5.73. The molecule has 120 valence electrons. The third kappa shape index (κ3) is 3.04. The Morgan fingerprint density at radius 2 is 1.96 bits per heavy atom. The Morgan fingerprint density at radius 3 is 2.61 bits per heavy atom. The van der Waals surface area contributed by atoms with E-state index in [1.807, 2.05) is 24.6 Å². The third-order valence-corrected chi connectivity index (χ3v) is 4.26. The summed E-state index contributed by atoms with van der Waals surface area (Å²) in [5.41, 5.74) is 4.04. The van der Waals surface area contributed by atoms with Crippen molar-refractivity contribution in [2.24, 2.45) is 0 Å². The maximum Gasteiger partial charge on any atom is 0.217 e. The van der Waals surface area contributed by atoms with E-state index in [1.54, 1.807) is 12.1 Å². The molecule has 2 aromatic rings. The highest BCUT2D eigenvalue weighted by atomic mass is 19.1. The van der Waals surface area contributed by atoms with Crippen LogP contribution >= 0.6 is 0 Å². The molecule has 4 nitrogen and oxygen atoms in total. The van der Waals surface area contributed by atoms with E-state index in [-0.39, 0.29) is 23.7 Å². The molecule has 1 N–H and O–H groups in total. The molecule has 0 fully saturated rings. The van der Waals surface area contributed by atoms with Crippen LogP contribution in [0, 0.1) is 19.7 Å². The van der Waals surface area contributed by atoms with Gasteiger partial charge in [0, 0.05) is 30.1 Å². The van der Waals surface area contributed by atoms with Crippen LogP contribution < -0.4 is 5.32 Å². The van der Waals surface area contributed by atoms with Crippen molar-refractivity contribution in [3.8, 4) is 5.69 Å². The number of aryl methyl sites for hydroxylation is 1. The number of hydrogen-bond acceptors (Lipinski definition) is 2. The minimum Gasteiger partial charge on any atom is -0.350 e.